The van der Waals surface area contributed by atoms with Crippen LogP contribution in [-0.2, 0) is 4.74 Å². The highest BCUT2D eigenvalue weighted by atomic mass is 32.2. The molecule has 2 aromatic rings. The van der Waals surface area contributed by atoms with E-state index in [2.05, 4.69) is 49.5 Å². The van der Waals surface area contributed by atoms with Gasteiger partial charge in [-0.1, -0.05) is 17.8 Å². The van der Waals surface area contributed by atoms with Gasteiger partial charge in [-0.2, -0.15) is 5.12 Å². The Hall–Kier alpha value is -1.36. The van der Waals surface area contributed by atoms with Gasteiger partial charge in [0.15, 0.2) is 0 Å². The Morgan fingerprint density at radius 2 is 2.17 bits per heavy atom. The third-order valence-electron chi connectivity index (χ3n) is 6.65. The number of methoxy groups -OCH3 is 1. The van der Waals surface area contributed by atoms with E-state index in [0.717, 1.165) is 36.4 Å². The summed E-state index contributed by atoms with van der Waals surface area (Å²) in [5.41, 5.74) is 11.9. The molecule has 5 unspecified atom stereocenters. The molecule has 0 aliphatic carbocycles. The van der Waals surface area contributed by atoms with Crippen LogP contribution in [0.2, 0.25) is 0 Å². The molecule has 0 radical (unpaired) electrons. The molecule has 9 heteroatoms. The first-order valence-electron chi connectivity index (χ1n) is 10.6. The summed E-state index contributed by atoms with van der Waals surface area (Å²) in [7, 11) is 1.77. The highest BCUT2D eigenvalue weighted by Gasteiger charge is 2.53. The van der Waals surface area contributed by atoms with Crippen molar-refractivity contribution in [1.29, 1.82) is 0 Å². The predicted octanol–water partition coefficient (Wildman–Crippen LogP) is 2.62. The fourth-order valence-corrected chi connectivity index (χ4v) is 8.18. The molecular formula is C21H26N6OS2. The summed E-state index contributed by atoms with van der Waals surface area (Å²) in [5.74, 6) is 2.15. The molecule has 30 heavy (non-hydrogen) atoms. The SMILES string of the molecule is COCCSC1=C2NN3NCCC3C3CC(c4ccc5nccnc5c4)NC(S1)C23. The van der Waals surface area contributed by atoms with Crippen molar-refractivity contribution in [3.63, 3.8) is 0 Å². The molecule has 1 aromatic heterocycles. The summed E-state index contributed by atoms with van der Waals surface area (Å²) < 4.78 is 6.69. The maximum Gasteiger partial charge on any atom is 0.0890 e. The summed E-state index contributed by atoms with van der Waals surface area (Å²) in [4.78, 5) is 8.96. The number of ether oxygens (including phenoxy) is 1. The Morgan fingerprint density at radius 3 is 3.07 bits per heavy atom. The molecule has 1 aromatic carbocycles. The lowest BCUT2D eigenvalue weighted by atomic mass is 9.74. The highest BCUT2D eigenvalue weighted by Crippen LogP contribution is 2.56. The van der Waals surface area contributed by atoms with Crippen molar-refractivity contribution in [3.8, 4) is 0 Å². The average molecular weight is 443 g/mol. The molecule has 0 saturated carbocycles. The molecule has 158 valence electrons. The minimum atomic E-state index is 0.334. The topological polar surface area (TPSA) is 74.3 Å². The van der Waals surface area contributed by atoms with Crippen LogP contribution in [0.3, 0.4) is 0 Å². The van der Waals surface area contributed by atoms with Crippen LogP contribution in [0.25, 0.3) is 11.0 Å². The molecule has 3 N–H and O–H groups in total. The van der Waals surface area contributed by atoms with Crippen LogP contribution in [-0.4, -0.2) is 52.5 Å². The van der Waals surface area contributed by atoms with Crippen molar-refractivity contribution >= 4 is 34.6 Å². The van der Waals surface area contributed by atoms with Crippen LogP contribution in [0.1, 0.15) is 24.4 Å². The maximum absolute atomic E-state index is 5.28. The Bertz CT molecular complexity index is 987. The van der Waals surface area contributed by atoms with Crippen molar-refractivity contribution in [2.75, 3.05) is 26.0 Å². The summed E-state index contributed by atoms with van der Waals surface area (Å²) >= 11 is 3.91. The molecule has 5 heterocycles. The molecule has 7 nitrogen and oxygen atoms in total. The molecule has 4 aliphatic heterocycles. The predicted molar refractivity (Wildman–Crippen MR) is 121 cm³/mol. The zero-order valence-electron chi connectivity index (χ0n) is 16.9. The minimum Gasteiger partial charge on any atom is -0.384 e. The number of rotatable bonds is 5. The molecule has 6 rings (SSSR count). The summed E-state index contributed by atoms with van der Waals surface area (Å²) in [6, 6.07) is 7.42. The van der Waals surface area contributed by atoms with E-state index in [1.807, 2.05) is 23.5 Å². The number of thioether (sulfide) groups is 2. The van der Waals surface area contributed by atoms with Crippen LogP contribution in [0.15, 0.2) is 40.5 Å². The first-order valence-corrected chi connectivity index (χ1v) is 12.5. The van der Waals surface area contributed by atoms with E-state index >= 15 is 0 Å². The molecule has 0 spiro atoms. The summed E-state index contributed by atoms with van der Waals surface area (Å²) in [6.45, 7) is 1.82. The molecule has 3 fully saturated rings. The van der Waals surface area contributed by atoms with Gasteiger partial charge in [0.2, 0.25) is 0 Å². The molecule has 0 amide bonds. The average Bonchev–Trinajstić information content (AvgIpc) is 3.39. The molecule has 0 bridgehead atoms. The van der Waals surface area contributed by atoms with E-state index in [0.29, 0.717) is 29.3 Å². The quantitative estimate of drug-likeness (QED) is 0.606. The van der Waals surface area contributed by atoms with Crippen LogP contribution >= 0.6 is 23.5 Å². The summed E-state index contributed by atoms with van der Waals surface area (Å²) in [5, 5.41) is 6.66. The number of aromatic nitrogens is 2. The zero-order valence-corrected chi connectivity index (χ0v) is 18.5. The molecule has 4 aliphatic rings. The van der Waals surface area contributed by atoms with Crippen molar-refractivity contribution in [2.24, 2.45) is 11.8 Å². The van der Waals surface area contributed by atoms with Crippen molar-refractivity contribution in [3.05, 3.63) is 46.1 Å². The second kappa shape index (κ2) is 7.96. The Morgan fingerprint density at radius 1 is 1.27 bits per heavy atom. The standard InChI is InChI=1S/C21H26N6OS2/c1-28-8-9-29-21-19-18-13(17-4-5-24-27(17)26-19)11-15(25-20(18)30-21)12-2-3-14-16(10-12)23-7-6-22-14/h2-3,6-7,10,13,15,17-18,20,24-26H,4-5,8-9,11H2,1H3. The van der Waals surface area contributed by atoms with Gasteiger partial charge in [0.1, 0.15) is 0 Å². The highest BCUT2D eigenvalue weighted by molar-refractivity contribution is 8.22. The van der Waals surface area contributed by atoms with E-state index < -0.39 is 0 Å². The van der Waals surface area contributed by atoms with Gasteiger partial charge in [0.05, 0.1) is 32.9 Å². The van der Waals surface area contributed by atoms with E-state index in [9.17, 15) is 0 Å². The minimum absolute atomic E-state index is 0.334. The number of nitrogens with zero attached hydrogens (tertiary/aromatic N) is 3. The number of benzene rings is 1. The van der Waals surface area contributed by atoms with Gasteiger partial charge in [-0.15, -0.1) is 11.8 Å². The number of piperidine rings is 1. The first-order chi connectivity index (χ1) is 14.8. The maximum atomic E-state index is 5.28. The fourth-order valence-electron chi connectivity index (χ4n) is 5.31. The lowest BCUT2D eigenvalue weighted by Crippen LogP contribution is -2.61. The zero-order chi connectivity index (χ0) is 20.1. The summed E-state index contributed by atoms with van der Waals surface area (Å²) in [6.07, 6.45) is 5.86. The van der Waals surface area contributed by atoms with Gasteiger partial charge in [-0.3, -0.25) is 15.3 Å². The van der Waals surface area contributed by atoms with Crippen LogP contribution in [0.4, 0.5) is 0 Å². The monoisotopic (exact) mass is 442 g/mol. The van der Waals surface area contributed by atoms with Gasteiger partial charge >= 0.3 is 0 Å². The lowest BCUT2D eigenvalue weighted by molar-refractivity contribution is 0.00565. The van der Waals surface area contributed by atoms with E-state index in [4.69, 9.17) is 4.74 Å². The number of fused-ring (bicyclic) bond motifs is 3. The number of hydrazine groups is 2. The van der Waals surface area contributed by atoms with Gasteiger partial charge < -0.3 is 10.2 Å². The van der Waals surface area contributed by atoms with E-state index in [1.165, 1.54) is 21.9 Å². The Labute approximate surface area is 184 Å². The van der Waals surface area contributed by atoms with Gasteiger partial charge in [-0.05, 0) is 36.5 Å². The van der Waals surface area contributed by atoms with Gasteiger partial charge in [-0.25, -0.2) is 5.43 Å². The molecular weight excluding hydrogens is 416 g/mol. The largest absolute Gasteiger partial charge is 0.384 e. The van der Waals surface area contributed by atoms with Crippen molar-refractivity contribution in [1.82, 2.24) is 31.3 Å². The smallest absolute Gasteiger partial charge is 0.0890 e. The van der Waals surface area contributed by atoms with Gasteiger partial charge in [0.25, 0.3) is 0 Å². The molecule has 5 atom stereocenters. The Balaban J connectivity index is 1.31. The number of hydrogen-bond donors (Lipinski definition) is 3. The lowest BCUT2D eigenvalue weighted by Gasteiger charge is -2.49. The second-order valence-corrected chi connectivity index (χ2v) is 10.8. The van der Waals surface area contributed by atoms with E-state index in [-0.39, 0.29) is 0 Å². The van der Waals surface area contributed by atoms with Crippen LogP contribution < -0.4 is 16.2 Å². The normalized spacial score (nSPS) is 32.9. The first kappa shape index (κ1) is 19.3. The fraction of sp³-hybridized carbons (Fsp3) is 0.524. The number of nitrogens with one attached hydrogen (secondary N) is 3. The van der Waals surface area contributed by atoms with E-state index in [1.54, 1.807) is 19.5 Å². The molecule has 3 saturated heterocycles. The van der Waals surface area contributed by atoms with Crippen LogP contribution in [0, 0.1) is 11.8 Å². The van der Waals surface area contributed by atoms with Crippen molar-refractivity contribution < 1.29 is 4.74 Å². The Kier molecular flexibility index (Phi) is 5.13. The van der Waals surface area contributed by atoms with Crippen LogP contribution in [0.5, 0.6) is 0 Å². The number of hydrogen-bond acceptors (Lipinski definition) is 9. The second-order valence-electron chi connectivity index (χ2n) is 8.28. The third kappa shape index (κ3) is 3.23. The van der Waals surface area contributed by atoms with Crippen molar-refractivity contribution in [2.45, 2.75) is 30.3 Å². The third-order valence-corrected chi connectivity index (χ3v) is 9.27. The van der Waals surface area contributed by atoms with Gasteiger partial charge in [0, 0.05) is 49.8 Å².